The minimum absolute atomic E-state index is 0.0198. The first-order valence-electron chi connectivity index (χ1n) is 12.9. The highest BCUT2D eigenvalue weighted by atomic mass is 35.5. The lowest BCUT2D eigenvalue weighted by Gasteiger charge is -2.38. The lowest BCUT2D eigenvalue weighted by atomic mass is 9.77. The summed E-state index contributed by atoms with van der Waals surface area (Å²) >= 11 is 6.68. The van der Waals surface area contributed by atoms with Gasteiger partial charge in [-0.1, -0.05) is 42.0 Å². The highest BCUT2D eigenvalue weighted by Crippen LogP contribution is 2.49. The average molecular weight is 520 g/mol. The summed E-state index contributed by atoms with van der Waals surface area (Å²) in [5.74, 6) is -1.42. The standard InChI is InChI=1S/C29H36ClF2NO3/c1-19(33-20(2)34)22-8-10-25(11-9-22)36-28(3)14-12-21(13-15-28)16-23-6-4-5-7-26(27(23)30)35-18-24-17-29(24,31)32/h4-6,8-11,19,21,24H,7,12-18H2,1-3H3,(H,33,34). The third-order valence-corrected chi connectivity index (χ3v) is 7.97. The molecule has 196 valence electrons. The molecule has 0 spiro atoms. The maximum absolute atomic E-state index is 13.2. The maximum atomic E-state index is 13.2. The zero-order valence-electron chi connectivity index (χ0n) is 21.3. The van der Waals surface area contributed by atoms with Crippen LogP contribution in [0.1, 0.15) is 77.3 Å². The number of carbonyl (C=O) groups excluding carboxylic acids is 1. The van der Waals surface area contributed by atoms with Gasteiger partial charge in [0.1, 0.15) is 17.1 Å². The average Bonchev–Trinajstić information content (AvgIpc) is 3.48. The van der Waals surface area contributed by atoms with Crippen LogP contribution in [-0.2, 0) is 9.53 Å². The third kappa shape index (κ3) is 6.90. The number of allylic oxidation sites excluding steroid dienone is 5. The Labute approximate surface area is 217 Å². The Morgan fingerprint density at radius 2 is 1.89 bits per heavy atom. The summed E-state index contributed by atoms with van der Waals surface area (Å²) in [6.45, 7) is 5.66. The fourth-order valence-corrected chi connectivity index (χ4v) is 5.31. The van der Waals surface area contributed by atoms with E-state index in [1.54, 1.807) is 0 Å². The van der Waals surface area contributed by atoms with Crippen molar-refractivity contribution in [3.63, 3.8) is 0 Å². The molecule has 1 amide bonds. The molecule has 0 heterocycles. The van der Waals surface area contributed by atoms with E-state index in [4.69, 9.17) is 21.1 Å². The van der Waals surface area contributed by atoms with Crippen LogP contribution in [0.4, 0.5) is 8.78 Å². The molecule has 0 aromatic heterocycles. The molecule has 7 heteroatoms. The molecule has 36 heavy (non-hydrogen) atoms. The summed E-state index contributed by atoms with van der Waals surface area (Å²) in [4.78, 5) is 11.3. The largest absolute Gasteiger partial charge is 0.496 e. The van der Waals surface area contributed by atoms with Crippen molar-refractivity contribution in [2.45, 2.75) is 83.3 Å². The first-order chi connectivity index (χ1) is 17.0. The van der Waals surface area contributed by atoms with E-state index < -0.39 is 11.8 Å². The van der Waals surface area contributed by atoms with Crippen molar-refractivity contribution >= 4 is 17.5 Å². The van der Waals surface area contributed by atoms with E-state index in [-0.39, 0.29) is 30.6 Å². The fourth-order valence-electron chi connectivity index (χ4n) is 5.04. The first-order valence-corrected chi connectivity index (χ1v) is 13.2. The van der Waals surface area contributed by atoms with Crippen LogP contribution in [-0.4, -0.2) is 24.0 Å². The second-order valence-electron chi connectivity index (χ2n) is 10.7. The molecule has 1 N–H and O–H groups in total. The van der Waals surface area contributed by atoms with Crippen molar-refractivity contribution in [2.24, 2.45) is 11.8 Å². The van der Waals surface area contributed by atoms with E-state index >= 15 is 0 Å². The molecule has 1 aromatic rings. The SMILES string of the molecule is CC(=O)NC(C)c1ccc(OC2(C)CCC(CC3=CC=CCC(OCC4CC4(F)F)=C3Cl)CC2)cc1. The van der Waals surface area contributed by atoms with Crippen molar-refractivity contribution in [1.82, 2.24) is 5.32 Å². The number of rotatable bonds is 9. The normalized spacial score (nSPS) is 28.1. The number of carbonyl (C=O) groups is 1. The number of hydrogen-bond donors (Lipinski definition) is 1. The molecule has 4 nitrogen and oxygen atoms in total. The molecule has 3 aliphatic rings. The molecular weight excluding hydrogens is 484 g/mol. The lowest BCUT2D eigenvalue weighted by Crippen LogP contribution is -2.37. The molecule has 2 fully saturated rings. The Bertz CT molecular complexity index is 1040. The third-order valence-electron chi connectivity index (χ3n) is 7.51. The smallest absolute Gasteiger partial charge is 0.255 e. The van der Waals surface area contributed by atoms with Crippen molar-refractivity contribution < 1.29 is 23.0 Å². The van der Waals surface area contributed by atoms with E-state index in [1.807, 2.05) is 49.4 Å². The number of ether oxygens (including phenoxy) is 2. The molecular formula is C29H36ClF2NO3. The van der Waals surface area contributed by atoms with Crippen molar-refractivity contribution in [3.05, 3.63) is 64.4 Å². The van der Waals surface area contributed by atoms with E-state index in [0.717, 1.165) is 49.0 Å². The molecule has 2 unspecified atom stereocenters. The summed E-state index contributed by atoms with van der Waals surface area (Å²) in [5, 5.41) is 3.47. The molecule has 0 bridgehead atoms. The number of halogens is 3. The zero-order valence-corrected chi connectivity index (χ0v) is 22.0. The van der Waals surface area contributed by atoms with Gasteiger partial charge in [0.2, 0.25) is 5.91 Å². The summed E-state index contributed by atoms with van der Waals surface area (Å²) in [5.41, 5.74) is 1.82. The fraction of sp³-hybridized carbons (Fsp3) is 0.552. The highest BCUT2D eigenvalue weighted by molar-refractivity contribution is 6.32. The van der Waals surface area contributed by atoms with Gasteiger partial charge in [0.25, 0.3) is 5.92 Å². The Morgan fingerprint density at radius 1 is 1.22 bits per heavy atom. The van der Waals surface area contributed by atoms with E-state index in [1.165, 1.54) is 6.92 Å². The van der Waals surface area contributed by atoms with Crippen LogP contribution in [0.5, 0.6) is 5.75 Å². The molecule has 0 aliphatic heterocycles. The van der Waals surface area contributed by atoms with Gasteiger partial charge in [0.05, 0.1) is 23.6 Å². The molecule has 1 aromatic carbocycles. The Balaban J connectivity index is 1.29. The first kappa shape index (κ1) is 26.7. The molecule has 2 atom stereocenters. The Kier molecular flexibility index (Phi) is 8.13. The zero-order chi connectivity index (χ0) is 25.9. The molecule has 0 saturated heterocycles. The number of nitrogens with one attached hydrogen (secondary N) is 1. The molecule has 0 radical (unpaired) electrons. The van der Waals surface area contributed by atoms with Gasteiger partial charge >= 0.3 is 0 Å². The monoisotopic (exact) mass is 519 g/mol. The van der Waals surface area contributed by atoms with Crippen LogP contribution in [0.25, 0.3) is 0 Å². The highest BCUT2D eigenvalue weighted by Gasteiger charge is 2.57. The van der Waals surface area contributed by atoms with Crippen molar-refractivity contribution in [2.75, 3.05) is 6.61 Å². The lowest BCUT2D eigenvalue weighted by molar-refractivity contribution is -0.119. The van der Waals surface area contributed by atoms with Crippen molar-refractivity contribution in [1.29, 1.82) is 0 Å². The van der Waals surface area contributed by atoms with Crippen LogP contribution in [0.15, 0.2) is 58.9 Å². The van der Waals surface area contributed by atoms with Gasteiger partial charge < -0.3 is 14.8 Å². The van der Waals surface area contributed by atoms with Crippen LogP contribution in [0, 0.1) is 11.8 Å². The van der Waals surface area contributed by atoms with Gasteiger partial charge in [-0.15, -0.1) is 0 Å². The number of amides is 1. The second-order valence-corrected chi connectivity index (χ2v) is 11.1. The minimum atomic E-state index is -2.59. The summed E-state index contributed by atoms with van der Waals surface area (Å²) in [6.07, 6.45) is 11.1. The summed E-state index contributed by atoms with van der Waals surface area (Å²) in [7, 11) is 0. The van der Waals surface area contributed by atoms with Gasteiger partial charge in [-0.05, 0) is 75.1 Å². The number of benzene rings is 1. The van der Waals surface area contributed by atoms with Crippen LogP contribution >= 0.6 is 11.6 Å². The summed E-state index contributed by atoms with van der Waals surface area (Å²) < 4.78 is 38.6. The second kappa shape index (κ2) is 11.0. The Morgan fingerprint density at radius 3 is 2.50 bits per heavy atom. The van der Waals surface area contributed by atoms with Gasteiger partial charge in [-0.25, -0.2) is 8.78 Å². The van der Waals surface area contributed by atoms with Crippen LogP contribution in [0.2, 0.25) is 0 Å². The van der Waals surface area contributed by atoms with E-state index in [9.17, 15) is 13.6 Å². The van der Waals surface area contributed by atoms with Crippen LogP contribution < -0.4 is 10.1 Å². The van der Waals surface area contributed by atoms with Gasteiger partial charge in [-0.3, -0.25) is 4.79 Å². The number of hydrogen-bond acceptors (Lipinski definition) is 3. The van der Waals surface area contributed by atoms with Crippen LogP contribution in [0.3, 0.4) is 0 Å². The summed E-state index contributed by atoms with van der Waals surface area (Å²) in [6, 6.07) is 7.89. The van der Waals surface area contributed by atoms with Crippen molar-refractivity contribution in [3.8, 4) is 5.75 Å². The van der Waals surface area contributed by atoms with E-state index in [2.05, 4.69) is 12.2 Å². The number of alkyl halides is 2. The Hall–Kier alpha value is -2.34. The van der Waals surface area contributed by atoms with E-state index in [0.29, 0.717) is 23.1 Å². The molecule has 4 rings (SSSR count). The predicted molar refractivity (Wildman–Crippen MR) is 138 cm³/mol. The topological polar surface area (TPSA) is 47.6 Å². The van der Waals surface area contributed by atoms with Gasteiger partial charge in [0, 0.05) is 19.8 Å². The molecule has 2 saturated carbocycles. The van der Waals surface area contributed by atoms with Gasteiger partial charge in [-0.2, -0.15) is 0 Å². The predicted octanol–water partition coefficient (Wildman–Crippen LogP) is 7.61. The van der Waals surface area contributed by atoms with Gasteiger partial charge in [0.15, 0.2) is 0 Å². The maximum Gasteiger partial charge on any atom is 0.255 e. The molecule has 3 aliphatic carbocycles. The minimum Gasteiger partial charge on any atom is -0.496 e. The quantitative estimate of drug-likeness (QED) is 0.365.